The maximum absolute atomic E-state index is 10.8. The Hall–Kier alpha value is -1.10. The van der Waals surface area contributed by atoms with Crippen molar-refractivity contribution in [3.8, 4) is 0 Å². The molecule has 2 heterocycles. The van der Waals surface area contributed by atoms with Crippen LogP contribution in [0.15, 0.2) is 0 Å². The number of carboxylic acid groups (broad SMARTS) is 1. The summed E-state index contributed by atoms with van der Waals surface area (Å²) in [6, 6.07) is 0. The lowest BCUT2D eigenvalue weighted by molar-refractivity contribution is 0.0690. The summed E-state index contributed by atoms with van der Waals surface area (Å²) < 4.78 is 0. The normalized spacial score (nSPS) is 20.9. The van der Waals surface area contributed by atoms with Gasteiger partial charge in [-0.25, -0.2) is 9.78 Å². The summed E-state index contributed by atoms with van der Waals surface area (Å²) in [5.74, 6) is -0.246. The summed E-state index contributed by atoms with van der Waals surface area (Å²) in [5, 5.41) is 9.76. The molecule has 15 heavy (non-hydrogen) atoms. The van der Waals surface area contributed by atoms with Crippen molar-refractivity contribution in [2.24, 2.45) is 5.92 Å². The first-order chi connectivity index (χ1) is 7.08. The van der Waals surface area contributed by atoms with E-state index in [1.54, 1.807) is 0 Å². The second-order valence-corrected chi connectivity index (χ2v) is 5.23. The van der Waals surface area contributed by atoms with E-state index in [-0.39, 0.29) is 5.69 Å². The highest BCUT2D eigenvalue weighted by Crippen LogP contribution is 2.29. The van der Waals surface area contributed by atoms with Crippen molar-refractivity contribution in [1.29, 1.82) is 0 Å². The third-order valence-corrected chi connectivity index (χ3v) is 3.71. The van der Waals surface area contributed by atoms with Crippen molar-refractivity contribution in [3.63, 3.8) is 0 Å². The van der Waals surface area contributed by atoms with E-state index < -0.39 is 5.97 Å². The predicted octanol–water partition coefficient (Wildman–Crippen LogP) is 2.00. The number of rotatable bonds is 2. The number of hydrogen-bond donors (Lipinski definition) is 1. The number of carboxylic acids is 1. The zero-order valence-corrected chi connectivity index (χ0v) is 9.67. The predicted molar refractivity (Wildman–Crippen MR) is 59.8 cm³/mol. The summed E-state index contributed by atoms with van der Waals surface area (Å²) >= 11 is 1.48. The first kappa shape index (κ1) is 10.4. The minimum atomic E-state index is -0.928. The lowest BCUT2D eigenvalue weighted by Crippen LogP contribution is -2.18. The Labute approximate surface area is 92.6 Å². The number of hydrogen-bond acceptors (Lipinski definition) is 4. The molecule has 1 aromatic heterocycles. The number of anilines is 1. The second-order valence-electron chi connectivity index (χ2n) is 4.05. The molecule has 0 amide bonds. The average Bonchev–Trinajstić information content (AvgIpc) is 2.71. The molecular weight excluding hydrogens is 212 g/mol. The van der Waals surface area contributed by atoms with Gasteiger partial charge < -0.3 is 10.0 Å². The summed E-state index contributed by atoms with van der Waals surface area (Å²) in [4.78, 5) is 18.0. The molecule has 0 aliphatic carbocycles. The van der Waals surface area contributed by atoms with Crippen LogP contribution < -0.4 is 4.90 Å². The van der Waals surface area contributed by atoms with E-state index in [4.69, 9.17) is 5.11 Å². The number of carbonyl (C=O) groups is 1. The highest BCUT2D eigenvalue weighted by molar-refractivity contribution is 7.15. The van der Waals surface area contributed by atoms with Gasteiger partial charge in [0.25, 0.3) is 0 Å². The number of aromatic carboxylic acids is 1. The van der Waals surface area contributed by atoms with Crippen LogP contribution in [0, 0.1) is 12.8 Å². The summed E-state index contributed by atoms with van der Waals surface area (Å²) in [6.07, 6.45) is 1.17. The van der Waals surface area contributed by atoms with E-state index in [9.17, 15) is 4.79 Å². The molecule has 82 valence electrons. The summed E-state index contributed by atoms with van der Waals surface area (Å²) in [7, 11) is 0. The zero-order chi connectivity index (χ0) is 11.0. The molecular formula is C10H14N2O2S. The van der Waals surface area contributed by atoms with E-state index in [2.05, 4.69) is 16.8 Å². The fourth-order valence-corrected chi connectivity index (χ4v) is 2.76. The fraction of sp³-hybridized carbons (Fsp3) is 0.600. The smallest absolute Gasteiger partial charge is 0.355 e. The molecule has 2 rings (SSSR count). The van der Waals surface area contributed by atoms with E-state index in [1.165, 1.54) is 17.8 Å². The van der Waals surface area contributed by atoms with Gasteiger partial charge in [0.2, 0.25) is 0 Å². The third-order valence-electron chi connectivity index (χ3n) is 2.68. The standard InChI is InChI=1S/C10H14N2O2S/c1-6-3-4-12(5-6)10-11-8(9(13)14)7(2)15-10/h6H,3-5H2,1-2H3,(H,13,14). The molecule has 1 fully saturated rings. The van der Waals surface area contributed by atoms with Gasteiger partial charge in [-0.1, -0.05) is 6.92 Å². The quantitative estimate of drug-likeness (QED) is 0.838. The molecule has 0 radical (unpaired) electrons. The van der Waals surface area contributed by atoms with Gasteiger partial charge in [0.1, 0.15) is 0 Å². The first-order valence-electron chi connectivity index (χ1n) is 5.03. The lowest BCUT2D eigenvalue weighted by Gasteiger charge is -2.13. The maximum atomic E-state index is 10.8. The van der Waals surface area contributed by atoms with Crippen molar-refractivity contribution in [2.75, 3.05) is 18.0 Å². The van der Waals surface area contributed by atoms with E-state index >= 15 is 0 Å². The number of thiazole rings is 1. The van der Waals surface area contributed by atoms with Gasteiger partial charge >= 0.3 is 5.97 Å². The molecule has 0 spiro atoms. The third kappa shape index (κ3) is 1.97. The van der Waals surface area contributed by atoms with Crippen LogP contribution in [0.4, 0.5) is 5.13 Å². The highest BCUT2D eigenvalue weighted by Gasteiger charge is 2.23. The Kier molecular flexibility index (Phi) is 2.65. The van der Waals surface area contributed by atoms with Gasteiger partial charge in [-0.2, -0.15) is 0 Å². The molecule has 1 aromatic rings. The highest BCUT2D eigenvalue weighted by atomic mass is 32.1. The van der Waals surface area contributed by atoms with E-state index in [0.29, 0.717) is 5.92 Å². The molecule has 5 heteroatoms. The maximum Gasteiger partial charge on any atom is 0.355 e. The molecule has 1 aliphatic rings. The van der Waals surface area contributed by atoms with Crippen molar-refractivity contribution in [3.05, 3.63) is 10.6 Å². The molecule has 1 saturated heterocycles. The van der Waals surface area contributed by atoms with Crippen LogP contribution in [-0.2, 0) is 0 Å². The number of aryl methyl sites for hydroxylation is 1. The van der Waals surface area contributed by atoms with Gasteiger partial charge in [-0.3, -0.25) is 0 Å². The van der Waals surface area contributed by atoms with Crippen LogP contribution >= 0.6 is 11.3 Å². The molecule has 0 saturated carbocycles. The first-order valence-corrected chi connectivity index (χ1v) is 5.85. The Morgan fingerprint density at radius 2 is 2.40 bits per heavy atom. The minimum absolute atomic E-state index is 0.203. The summed E-state index contributed by atoms with van der Waals surface area (Å²) in [5.41, 5.74) is 0.203. The minimum Gasteiger partial charge on any atom is -0.476 e. The lowest BCUT2D eigenvalue weighted by atomic mass is 10.2. The fourth-order valence-electron chi connectivity index (χ4n) is 1.82. The van der Waals surface area contributed by atoms with E-state index in [0.717, 1.165) is 23.1 Å². The van der Waals surface area contributed by atoms with Crippen molar-refractivity contribution >= 4 is 22.4 Å². The summed E-state index contributed by atoms with van der Waals surface area (Å²) in [6.45, 7) is 6.00. The largest absolute Gasteiger partial charge is 0.476 e. The van der Waals surface area contributed by atoms with Crippen LogP contribution in [0.1, 0.15) is 28.7 Å². The molecule has 0 aromatic carbocycles. The monoisotopic (exact) mass is 226 g/mol. The number of aromatic nitrogens is 1. The molecule has 1 aliphatic heterocycles. The molecule has 1 N–H and O–H groups in total. The second kappa shape index (κ2) is 3.81. The number of nitrogens with zero attached hydrogens (tertiary/aromatic N) is 2. The SMILES string of the molecule is Cc1sc(N2CCC(C)C2)nc1C(=O)O. The Bertz CT molecular complexity index is 389. The van der Waals surface area contributed by atoms with Gasteiger partial charge in [-0.15, -0.1) is 11.3 Å². The molecule has 1 unspecified atom stereocenters. The average molecular weight is 226 g/mol. The Morgan fingerprint density at radius 1 is 1.67 bits per heavy atom. The van der Waals surface area contributed by atoms with Crippen LogP contribution in [0.25, 0.3) is 0 Å². The van der Waals surface area contributed by atoms with Crippen molar-refractivity contribution in [1.82, 2.24) is 4.98 Å². The van der Waals surface area contributed by atoms with Gasteiger partial charge in [0.05, 0.1) is 0 Å². The van der Waals surface area contributed by atoms with Crippen LogP contribution in [0.5, 0.6) is 0 Å². The van der Waals surface area contributed by atoms with Crippen LogP contribution in [0.2, 0.25) is 0 Å². The zero-order valence-electron chi connectivity index (χ0n) is 8.86. The molecule has 1 atom stereocenters. The Morgan fingerprint density at radius 3 is 2.87 bits per heavy atom. The van der Waals surface area contributed by atoms with E-state index in [1.807, 2.05) is 6.92 Å². The molecule has 0 bridgehead atoms. The van der Waals surface area contributed by atoms with Crippen LogP contribution in [-0.4, -0.2) is 29.1 Å². The Balaban J connectivity index is 2.23. The van der Waals surface area contributed by atoms with Gasteiger partial charge in [-0.05, 0) is 19.3 Å². The van der Waals surface area contributed by atoms with Gasteiger partial charge in [0.15, 0.2) is 10.8 Å². The molecule has 4 nitrogen and oxygen atoms in total. The van der Waals surface area contributed by atoms with Crippen molar-refractivity contribution in [2.45, 2.75) is 20.3 Å². The van der Waals surface area contributed by atoms with Gasteiger partial charge in [0, 0.05) is 18.0 Å². The topological polar surface area (TPSA) is 53.4 Å². The van der Waals surface area contributed by atoms with Crippen molar-refractivity contribution < 1.29 is 9.90 Å². The van der Waals surface area contributed by atoms with Crippen LogP contribution in [0.3, 0.4) is 0 Å².